The first-order valence-corrected chi connectivity index (χ1v) is 4.87. The quantitative estimate of drug-likeness (QED) is 0.625. The van der Waals surface area contributed by atoms with Crippen LogP contribution >= 0.6 is 11.6 Å². The van der Waals surface area contributed by atoms with Gasteiger partial charge in [-0.25, -0.2) is 4.21 Å². The number of halogens is 1. The Bertz CT molecular complexity index is 119. The molecule has 4 heteroatoms. The smallest absolute Gasteiger partial charge is 0.157 e. The van der Waals surface area contributed by atoms with Crippen LogP contribution in [0.15, 0.2) is 0 Å². The molecule has 0 heterocycles. The van der Waals surface area contributed by atoms with E-state index in [4.69, 9.17) is 15.8 Å². The Morgan fingerprint density at radius 2 is 2.00 bits per heavy atom. The first-order valence-electron chi connectivity index (χ1n) is 3.09. The topological polar surface area (TPSA) is 26.3 Å². The van der Waals surface area contributed by atoms with E-state index in [0.717, 1.165) is 0 Å². The summed E-state index contributed by atoms with van der Waals surface area (Å²) in [6.45, 7) is 5.58. The van der Waals surface area contributed by atoms with Crippen molar-refractivity contribution in [3.8, 4) is 0 Å². The molecule has 0 aromatic heterocycles. The van der Waals surface area contributed by atoms with Gasteiger partial charge in [0.05, 0.1) is 11.4 Å². The van der Waals surface area contributed by atoms with Crippen molar-refractivity contribution < 1.29 is 8.39 Å². The van der Waals surface area contributed by atoms with E-state index in [1.54, 1.807) is 0 Å². The molecule has 62 valence electrons. The third-order valence-electron chi connectivity index (χ3n) is 0.587. The second-order valence-corrected chi connectivity index (χ2v) is 4.45. The van der Waals surface area contributed by atoms with Crippen molar-refractivity contribution in [2.75, 3.05) is 11.6 Å². The van der Waals surface area contributed by atoms with E-state index in [2.05, 4.69) is 0 Å². The zero-order valence-electron chi connectivity index (χ0n) is 6.52. The van der Waals surface area contributed by atoms with Gasteiger partial charge in [0.25, 0.3) is 0 Å². The first kappa shape index (κ1) is 10.4. The van der Waals surface area contributed by atoms with Crippen LogP contribution in [-0.2, 0) is 15.3 Å². The van der Waals surface area contributed by atoms with E-state index in [-0.39, 0.29) is 5.60 Å². The van der Waals surface area contributed by atoms with Crippen LogP contribution in [0.2, 0.25) is 0 Å². The van der Waals surface area contributed by atoms with Crippen LogP contribution in [-0.4, -0.2) is 21.4 Å². The molecular formula is C6H13ClO2S. The number of hydrogen-bond acceptors (Lipinski definition) is 2. The molecule has 0 N–H and O–H groups in total. The highest BCUT2D eigenvalue weighted by molar-refractivity contribution is 7.80. The van der Waals surface area contributed by atoms with Crippen molar-refractivity contribution in [2.24, 2.45) is 0 Å². The Kier molecular flexibility index (Phi) is 4.49. The lowest BCUT2D eigenvalue weighted by Crippen LogP contribution is -2.22. The summed E-state index contributed by atoms with van der Waals surface area (Å²) < 4.78 is 15.9. The number of rotatable bonds is 3. The van der Waals surface area contributed by atoms with Gasteiger partial charge in [0, 0.05) is 5.88 Å². The predicted molar refractivity (Wildman–Crippen MR) is 44.6 cm³/mol. The number of hydrogen-bond donors (Lipinski definition) is 0. The normalized spacial score (nSPS) is 15.2. The third kappa shape index (κ3) is 6.52. The van der Waals surface area contributed by atoms with Crippen LogP contribution in [0.5, 0.6) is 0 Å². The van der Waals surface area contributed by atoms with Crippen molar-refractivity contribution >= 4 is 22.7 Å². The van der Waals surface area contributed by atoms with Crippen LogP contribution in [0.25, 0.3) is 0 Å². The molecule has 0 saturated heterocycles. The van der Waals surface area contributed by atoms with Crippen molar-refractivity contribution in [3.05, 3.63) is 0 Å². The first-order chi connectivity index (χ1) is 4.45. The Morgan fingerprint density at radius 1 is 1.50 bits per heavy atom. The van der Waals surface area contributed by atoms with Gasteiger partial charge < -0.3 is 0 Å². The zero-order chi connectivity index (χ0) is 8.20. The summed E-state index contributed by atoms with van der Waals surface area (Å²) in [6.07, 6.45) is 0. The molecular weight excluding hydrogens is 172 g/mol. The van der Waals surface area contributed by atoms with E-state index >= 15 is 0 Å². The molecule has 0 fully saturated rings. The van der Waals surface area contributed by atoms with Gasteiger partial charge in [0.1, 0.15) is 0 Å². The average molecular weight is 185 g/mol. The zero-order valence-corrected chi connectivity index (χ0v) is 8.09. The lowest BCUT2D eigenvalue weighted by molar-refractivity contribution is 0.152. The van der Waals surface area contributed by atoms with Crippen molar-refractivity contribution in [1.82, 2.24) is 0 Å². The molecule has 0 aromatic carbocycles. The second-order valence-electron chi connectivity index (χ2n) is 2.89. The van der Waals surface area contributed by atoms with Gasteiger partial charge in [0.15, 0.2) is 11.1 Å². The summed E-state index contributed by atoms with van der Waals surface area (Å²) in [5.74, 6) is 0.779. The fraction of sp³-hybridized carbons (Fsp3) is 1.00. The summed E-state index contributed by atoms with van der Waals surface area (Å²) in [6, 6.07) is 0. The highest BCUT2D eigenvalue weighted by atomic mass is 35.5. The Balaban J connectivity index is 3.58. The minimum Gasteiger partial charge on any atom is -0.285 e. The molecule has 10 heavy (non-hydrogen) atoms. The molecule has 0 saturated carbocycles. The van der Waals surface area contributed by atoms with Crippen LogP contribution in [0.3, 0.4) is 0 Å². The number of alkyl halides is 1. The lowest BCUT2D eigenvalue weighted by atomic mass is 10.2. The minimum atomic E-state index is -1.22. The summed E-state index contributed by atoms with van der Waals surface area (Å²) in [7, 11) is 0. The predicted octanol–water partition coefficient (Wildman–Crippen LogP) is 1.70. The summed E-state index contributed by atoms with van der Waals surface area (Å²) in [4.78, 5) is 0. The van der Waals surface area contributed by atoms with E-state index in [1.165, 1.54) is 0 Å². The van der Waals surface area contributed by atoms with Crippen molar-refractivity contribution in [2.45, 2.75) is 26.4 Å². The molecule has 0 aromatic rings. The molecule has 1 atom stereocenters. The standard InChI is InChI=1S/C6H13ClO2S/c1-6(2,3)9-10(8)5-4-7/h4-5H2,1-3H3. The fourth-order valence-electron chi connectivity index (χ4n) is 0.383. The highest BCUT2D eigenvalue weighted by Gasteiger charge is 2.14. The van der Waals surface area contributed by atoms with Gasteiger partial charge in [-0.05, 0) is 20.8 Å². The molecule has 0 amide bonds. The van der Waals surface area contributed by atoms with Gasteiger partial charge in [0.2, 0.25) is 0 Å². The maximum Gasteiger partial charge on any atom is 0.157 e. The highest BCUT2D eigenvalue weighted by Crippen LogP contribution is 2.08. The summed E-state index contributed by atoms with van der Waals surface area (Å²) >= 11 is 4.13. The van der Waals surface area contributed by atoms with Gasteiger partial charge in [-0.1, -0.05) is 0 Å². The Labute approximate surface area is 69.6 Å². The molecule has 0 aliphatic carbocycles. The largest absolute Gasteiger partial charge is 0.285 e. The molecule has 0 rings (SSSR count). The van der Waals surface area contributed by atoms with E-state index in [9.17, 15) is 4.21 Å². The van der Waals surface area contributed by atoms with Crippen LogP contribution < -0.4 is 0 Å². The van der Waals surface area contributed by atoms with Crippen LogP contribution in [0.4, 0.5) is 0 Å². The SMILES string of the molecule is CC(C)(C)OS(=O)CCCl. The lowest BCUT2D eigenvalue weighted by Gasteiger charge is -2.17. The third-order valence-corrected chi connectivity index (χ3v) is 2.22. The van der Waals surface area contributed by atoms with Crippen LogP contribution in [0.1, 0.15) is 20.8 Å². The maximum atomic E-state index is 10.9. The second kappa shape index (κ2) is 4.31. The van der Waals surface area contributed by atoms with Crippen molar-refractivity contribution in [1.29, 1.82) is 0 Å². The molecule has 0 aliphatic rings. The summed E-state index contributed by atoms with van der Waals surface area (Å²) in [5.41, 5.74) is -0.336. The monoisotopic (exact) mass is 184 g/mol. The molecule has 0 bridgehead atoms. The summed E-state index contributed by atoms with van der Waals surface area (Å²) in [5, 5.41) is 0. The Morgan fingerprint density at radius 3 is 2.30 bits per heavy atom. The maximum absolute atomic E-state index is 10.9. The van der Waals surface area contributed by atoms with Gasteiger partial charge in [-0.2, -0.15) is 0 Å². The molecule has 0 aliphatic heterocycles. The van der Waals surface area contributed by atoms with E-state index in [1.807, 2.05) is 20.8 Å². The van der Waals surface area contributed by atoms with Gasteiger partial charge >= 0.3 is 0 Å². The molecule has 1 unspecified atom stereocenters. The van der Waals surface area contributed by atoms with E-state index < -0.39 is 11.1 Å². The minimum absolute atomic E-state index is 0.336. The van der Waals surface area contributed by atoms with Crippen LogP contribution in [0, 0.1) is 0 Å². The molecule has 0 radical (unpaired) electrons. The fourth-order valence-corrected chi connectivity index (χ4v) is 1.53. The average Bonchev–Trinajstić information content (AvgIpc) is 1.59. The van der Waals surface area contributed by atoms with Gasteiger partial charge in [-0.15, -0.1) is 11.6 Å². The van der Waals surface area contributed by atoms with Crippen molar-refractivity contribution in [3.63, 3.8) is 0 Å². The Hall–Kier alpha value is 0.400. The molecule has 0 spiro atoms. The van der Waals surface area contributed by atoms with E-state index in [0.29, 0.717) is 11.6 Å². The van der Waals surface area contributed by atoms with Gasteiger partial charge in [-0.3, -0.25) is 4.18 Å². The molecule has 2 nitrogen and oxygen atoms in total.